The van der Waals surface area contributed by atoms with Crippen molar-refractivity contribution >= 4 is 12.0 Å². The summed E-state index contributed by atoms with van der Waals surface area (Å²) in [6, 6.07) is 1.17. The summed E-state index contributed by atoms with van der Waals surface area (Å²) in [6.45, 7) is 0. The molecule has 0 spiro atoms. The molecule has 0 saturated carbocycles. The molecular formula is C7H6N2O4. The summed E-state index contributed by atoms with van der Waals surface area (Å²) in [6.07, 6.45) is 1.59. The van der Waals surface area contributed by atoms with Crippen LogP contribution < -0.4 is 4.74 Å². The Bertz CT molecular complexity index is 350. The first kappa shape index (κ1) is 9.11. The van der Waals surface area contributed by atoms with Crippen molar-refractivity contribution in [1.29, 1.82) is 0 Å². The molecule has 0 radical (unpaired) electrons. The molecule has 1 heterocycles. The van der Waals surface area contributed by atoms with Crippen LogP contribution in [0.4, 0.5) is 5.69 Å². The van der Waals surface area contributed by atoms with Crippen LogP contribution >= 0.6 is 0 Å². The maximum absolute atomic E-state index is 10.4. The molecule has 1 rings (SSSR count). The van der Waals surface area contributed by atoms with Gasteiger partial charge in [0.2, 0.25) is 5.75 Å². The smallest absolute Gasteiger partial charge is 0.314 e. The third-order valence-corrected chi connectivity index (χ3v) is 1.42. The third-order valence-electron chi connectivity index (χ3n) is 1.42. The van der Waals surface area contributed by atoms with E-state index in [4.69, 9.17) is 4.74 Å². The number of carbonyl (C=O) groups excluding carboxylic acids is 1. The largest absolute Gasteiger partial charge is 0.489 e. The van der Waals surface area contributed by atoms with Crippen molar-refractivity contribution in [3.05, 3.63) is 28.1 Å². The zero-order chi connectivity index (χ0) is 9.84. The predicted octanol–water partition coefficient (Wildman–Crippen LogP) is 0.811. The molecule has 1 aromatic rings. The number of hydrogen-bond donors (Lipinski definition) is 0. The van der Waals surface area contributed by atoms with E-state index in [1.54, 1.807) is 0 Å². The van der Waals surface area contributed by atoms with Crippen LogP contribution in [0.15, 0.2) is 12.3 Å². The van der Waals surface area contributed by atoms with Crippen LogP contribution in [0.5, 0.6) is 5.75 Å². The minimum absolute atomic E-state index is 0.0725. The highest BCUT2D eigenvalue weighted by molar-refractivity contribution is 5.79. The first-order chi connectivity index (χ1) is 6.20. The van der Waals surface area contributed by atoms with Gasteiger partial charge in [0.15, 0.2) is 12.0 Å². The Hall–Kier alpha value is -1.98. The Morgan fingerprint density at radius 3 is 2.85 bits per heavy atom. The molecule has 6 nitrogen and oxygen atoms in total. The van der Waals surface area contributed by atoms with Crippen LogP contribution in [0.2, 0.25) is 0 Å². The number of hydrogen-bond acceptors (Lipinski definition) is 5. The van der Waals surface area contributed by atoms with E-state index in [1.807, 2.05) is 0 Å². The molecule has 0 bridgehead atoms. The Balaban J connectivity index is 3.35. The highest BCUT2D eigenvalue weighted by atomic mass is 16.6. The fraction of sp³-hybridized carbons (Fsp3) is 0.143. The highest BCUT2D eigenvalue weighted by Gasteiger charge is 2.18. The van der Waals surface area contributed by atoms with Gasteiger partial charge >= 0.3 is 5.69 Å². The summed E-state index contributed by atoms with van der Waals surface area (Å²) in [7, 11) is 1.25. The summed E-state index contributed by atoms with van der Waals surface area (Å²) in [5.41, 5.74) is -0.337. The number of methoxy groups -OCH3 is 1. The van der Waals surface area contributed by atoms with Gasteiger partial charge in [0.1, 0.15) is 0 Å². The normalized spacial score (nSPS) is 9.31. The van der Waals surface area contributed by atoms with Gasteiger partial charge in [-0.2, -0.15) is 0 Å². The molecule has 13 heavy (non-hydrogen) atoms. The zero-order valence-corrected chi connectivity index (χ0v) is 6.76. The molecule has 0 N–H and O–H groups in total. The van der Waals surface area contributed by atoms with E-state index in [-0.39, 0.29) is 17.1 Å². The Labute approximate surface area is 73.3 Å². The van der Waals surface area contributed by atoms with Gasteiger partial charge in [-0.25, -0.2) is 4.98 Å². The molecule has 0 atom stereocenters. The quantitative estimate of drug-likeness (QED) is 0.392. The van der Waals surface area contributed by atoms with Crippen molar-refractivity contribution in [3.8, 4) is 5.75 Å². The lowest BCUT2D eigenvalue weighted by Crippen LogP contribution is -1.99. The lowest BCUT2D eigenvalue weighted by molar-refractivity contribution is -0.385. The van der Waals surface area contributed by atoms with Crippen LogP contribution in [-0.2, 0) is 0 Å². The third kappa shape index (κ3) is 1.61. The van der Waals surface area contributed by atoms with Gasteiger partial charge in [-0.3, -0.25) is 14.9 Å². The Morgan fingerprint density at radius 2 is 2.38 bits per heavy atom. The van der Waals surface area contributed by atoms with Crippen LogP contribution in [0, 0.1) is 10.1 Å². The number of rotatable bonds is 3. The van der Waals surface area contributed by atoms with E-state index in [1.165, 1.54) is 19.4 Å². The SMILES string of the molecule is COc1c([N+](=O)[O-])ccnc1C=O. The molecule has 0 fully saturated rings. The second kappa shape index (κ2) is 3.61. The average molecular weight is 182 g/mol. The summed E-state index contributed by atoms with van der Waals surface area (Å²) in [5.74, 6) is -0.109. The monoisotopic (exact) mass is 182 g/mol. The van der Waals surface area contributed by atoms with Gasteiger partial charge in [0.05, 0.1) is 12.0 Å². The van der Waals surface area contributed by atoms with E-state index < -0.39 is 4.92 Å². The predicted molar refractivity (Wildman–Crippen MR) is 42.8 cm³/mol. The number of aldehydes is 1. The zero-order valence-electron chi connectivity index (χ0n) is 6.76. The van der Waals surface area contributed by atoms with Gasteiger partial charge in [-0.05, 0) is 0 Å². The summed E-state index contributed by atoms with van der Waals surface area (Å²) >= 11 is 0. The lowest BCUT2D eigenvalue weighted by Gasteiger charge is -2.01. The first-order valence-corrected chi connectivity index (χ1v) is 3.33. The second-order valence-corrected chi connectivity index (χ2v) is 2.12. The molecular weight excluding hydrogens is 176 g/mol. The van der Waals surface area contributed by atoms with E-state index in [9.17, 15) is 14.9 Å². The van der Waals surface area contributed by atoms with Crippen LogP contribution in [0.1, 0.15) is 10.5 Å². The fourth-order valence-corrected chi connectivity index (χ4v) is 0.891. The number of pyridine rings is 1. The summed E-state index contributed by atoms with van der Waals surface area (Å²) in [5, 5.41) is 10.4. The van der Waals surface area contributed by atoms with E-state index in [2.05, 4.69) is 4.98 Å². The number of aromatic nitrogens is 1. The van der Waals surface area contributed by atoms with E-state index in [0.717, 1.165) is 0 Å². The molecule has 0 aliphatic rings. The minimum atomic E-state index is -0.631. The standard InChI is InChI=1S/C7H6N2O4/c1-13-7-5(4-10)8-3-2-6(7)9(11)12/h2-4H,1H3. The number of carbonyl (C=O) groups is 1. The Morgan fingerprint density at radius 1 is 1.69 bits per heavy atom. The minimum Gasteiger partial charge on any atom is -0.489 e. The second-order valence-electron chi connectivity index (χ2n) is 2.12. The van der Waals surface area contributed by atoms with Gasteiger partial charge in [-0.1, -0.05) is 0 Å². The number of nitrogens with zero attached hydrogens (tertiary/aromatic N) is 2. The van der Waals surface area contributed by atoms with Gasteiger partial charge < -0.3 is 4.74 Å². The van der Waals surface area contributed by atoms with Crippen LogP contribution in [0.3, 0.4) is 0 Å². The molecule has 0 saturated heterocycles. The molecule has 0 aliphatic carbocycles. The molecule has 0 unspecified atom stereocenters. The topological polar surface area (TPSA) is 82.3 Å². The maximum atomic E-state index is 10.4. The molecule has 1 aromatic heterocycles. The summed E-state index contributed by atoms with van der Waals surface area (Å²) < 4.78 is 4.69. The Kier molecular flexibility index (Phi) is 2.53. The van der Waals surface area contributed by atoms with Crippen molar-refractivity contribution in [3.63, 3.8) is 0 Å². The van der Waals surface area contributed by atoms with E-state index >= 15 is 0 Å². The molecule has 0 aliphatic heterocycles. The van der Waals surface area contributed by atoms with Crippen LogP contribution in [0.25, 0.3) is 0 Å². The maximum Gasteiger partial charge on any atom is 0.314 e. The first-order valence-electron chi connectivity index (χ1n) is 3.33. The molecule has 0 amide bonds. The summed E-state index contributed by atoms with van der Waals surface area (Å²) in [4.78, 5) is 23.8. The average Bonchev–Trinajstić information content (AvgIpc) is 2.16. The van der Waals surface area contributed by atoms with Gasteiger partial charge in [0, 0.05) is 12.3 Å². The molecule has 68 valence electrons. The van der Waals surface area contributed by atoms with Crippen LogP contribution in [-0.4, -0.2) is 23.3 Å². The molecule has 0 aromatic carbocycles. The highest BCUT2D eigenvalue weighted by Crippen LogP contribution is 2.27. The van der Waals surface area contributed by atoms with Gasteiger partial charge in [-0.15, -0.1) is 0 Å². The number of nitro groups is 1. The van der Waals surface area contributed by atoms with Crippen molar-refractivity contribution in [1.82, 2.24) is 4.98 Å². The fourth-order valence-electron chi connectivity index (χ4n) is 0.891. The van der Waals surface area contributed by atoms with Crippen molar-refractivity contribution in [2.24, 2.45) is 0 Å². The van der Waals surface area contributed by atoms with E-state index in [0.29, 0.717) is 6.29 Å². The lowest BCUT2D eigenvalue weighted by atomic mass is 10.3. The van der Waals surface area contributed by atoms with Crippen molar-refractivity contribution in [2.45, 2.75) is 0 Å². The van der Waals surface area contributed by atoms with Crippen molar-refractivity contribution in [2.75, 3.05) is 7.11 Å². The van der Waals surface area contributed by atoms with Crippen molar-refractivity contribution < 1.29 is 14.5 Å². The molecule has 6 heteroatoms. The van der Waals surface area contributed by atoms with Gasteiger partial charge in [0.25, 0.3) is 0 Å². The number of ether oxygens (including phenoxy) is 1.